The lowest BCUT2D eigenvalue weighted by molar-refractivity contribution is -0.119. The zero-order chi connectivity index (χ0) is 22.8. The molecule has 166 valence electrons. The zero-order valence-corrected chi connectivity index (χ0v) is 18.6. The normalized spacial score (nSPS) is 14.2. The minimum atomic E-state index is -0.527. The third-order valence-corrected chi connectivity index (χ3v) is 6.68. The van der Waals surface area contributed by atoms with Crippen molar-refractivity contribution in [2.45, 2.75) is 24.0 Å². The Balaban J connectivity index is 1.44. The number of carbonyl (C=O) groups is 1. The van der Waals surface area contributed by atoms with E-state index >= 15 is 0 Å². The van der Waals surface area contributed by atoms with E-state index in [1.165, 1.54) is 16.7 Å². The number of para-hydroxylation sites is 2. The molecule has 1 aromatic heterocycles. The van der Waals surface area contributed by atoms with Crippen molar-refractivity contribution in [1.29, 1.82) is 0 Å². The Hall–Kier alpha value is -3.45. The largest absolute Gasteiger partial charge is 0.348 e. The third-order valence-electron chi connectivity index (χ3n) is 5.74. The number of thioether (sulfide) groups is 1. The quantitative estimate of drug-likeness (QED) is 0.316. The number of rotatable bonds is 7. The standard InChI is InChI=1S/C26H22FN3O2S/c27-20-11-5-7-13-22(20)30-25(32)19-10-4-6-12-21(19)28-26(30)33-16-23(31)29-24(18-14-15-18)17-8-2-1-3-9-17/h1-13,18,24H,14-16H2,(H,29,31). The van der Waals surface area contributed by atoms with Gasteiger partial charge in [-0.25, -0.2) is 9.37 Å². The first kappa shape index (κ1) is 21.4. The fourth-order valence-corrected chi connectivity index (χ4v) is 4.78. The van der Waals surface area contributed by atoms with Crippen molar-refractivity contribution >= 4 is 28.6 Å². The molecular weight excluding hydrogens is 437 g/mol. The predicted octanol–water partition coefficient (Wildman–Crippen LogP) is 4.88. The molecule has 3 aromatic carbocycles. The smallest absolute Gasteiger partial charge is 0.266 e. The summed E-state index contributed by atoms with van der Waals surface area (Å²) >= 11 is 1.13. The highest BCUT2D eigenvalue weighted by Gasteiger charge is 2.33. The molecule has 0 aliphatic heterocycles. The van der Waals surface area contributed by atoms with E-state index in [-0.39, 0.29) is 34.1 Å². The Morgan fingerprint density at radius 2 is 1.73 bits per heavy atom. The molecule has 0 bridgehead atoms. The van der Waals surface area contributed by atoms with Gasteiger partial charge in [0.2, 0.25) is 5.91 Å². The molecule has 0 radical (unpaired) electrons. The van der Waals surface area contributed by atoms with Crippen LogP contribution in [0.4, 0.5) is 4.39 Å². The maximum atomic E-state index is 14.6. The molecule has 33 heavy (non-hydrogen) atoms. The molecule has 1 aliphatic rings. The van der Waals surface area contributed by atoms with Crippen LogP contribution in [0.3, 0.4) is 0 Å². The second-order valence-electron chi connectivity index (χ2n) is 8.09. The number of aromatic nitrogens is 2. The van der Waals surface area contributed by atoms with E-state index in [4.69, 9.17) is 0 Å². The van der Waals surface area contributed by atoms with Gasteiger partial charge in [-0.05, 0) is 48.6 Å². The molecule has 7 heteroatoms. The van der Waals surface area contributed by atoms with Gasteiger partial charge in [0.25, 0.3) is 5.56 Å². The second-order valence-corrected chi connectivity index (χ2v) is 9.03. The van der Waals surface area contributed by atoms with Crippen molar-refractivity contribution in [2.75, 3.05) is 5.75 Å². The van der Waals surface area contributed by atoms with Gasteiger partial charge in [0, 0.05) is 0 Å². The van der Waals surface area contributed by atoms with Crippen LogP contribution in [0.25, 0.3) is 16.6 Å². The third kappa shape index (κ3) is 4.54. The summed E-state index contributed by atoms with van der Waals surface area (Å²) in [4.78, 5) is 30.7. The summed E-state index contributed by atoms with van der Waals surface area (Å²) in [6.07, 6.45) is 2.18. The number of nitrogens with one attached hydrogen (secondary N) is 1. The Morgan fingerprint density at radius 3 is 2.48 bits per heavy atom. The number of nitrogens with zero attached hydrogens (tertiary/aromatic N) is 2. The van der Waals surface area contributed by atoms with Crippen LogP contribution < -0.4 is 10.9 Å². The molecule has 0 spiro atoms. The van der Waals surface area contributed by atoms with Gasteiger partial charge in [-0.1, -0.05) is 66.4 Å². The van der Waals surface area contributed by atoms with Crippen LogP contribution in [-0.4, -0.2) is 21.2 Å². The molecule has 5 nitrogen and oxygen atoms in total. The Morgan fingerprint density at radius 1 is 1.03 bits per heavy atom. The van der Waals surface area contributed by atoms with Crippen LogP contribution in [-0.2, 0) is 4.79 Å². The molecule has 1 fully saturated rings. The van der Waals surface area contributed by atoms with Gasteiger partial charge in [0.15, 0.2) is 5.16 Å². The lowest BCUT2D eigenvalue weighted by atomic mass is 10.0. The van der Waals surface area contributed by atoms with Crippen LogP contribution in [0.2, 0.25) is 0 Å². The molecule has 0 saturated heterocycles. The Bertz CT molecular complexity index is 1370. The van der Waals surface area contributed by atoms with Crippen LogP contribution in [0.5, 0.6) is 0 Å². The SMILES string of the molecule is O=C(CSc1nc2ccccc2c(=O)n1-c1ccccc1F)NC(c1ccccc1)C1CC1. The molecule has 1 heterocycles. The maximum Gasteiger partial charge on any atom is 0.266 e. The lowest BCUT2D eigenvalue weighted by Gasteiger charge is -2.19. The summed E-state index contributed by atoms with van der Waals surface area (Å²) in [6.45, 7) is 0. The fourth-order valence-electron chi connectivity index (χ4n) is 3.96. The van der Waals surface area contributed by atoms with Gasteiger partial charge in [0.05, 0.1) is 28.4 Å². The number of fused-ring (bicyclic) bond motifs is 1. The first-order chi connectivity index (χ1) is 16.1. The van der Waals surface area contributed by atoms with Crippen molar-refractivity contribution in [3.05, 3.63) is 101 Å². The van der Waals surface area contributed by atoms with E-state index in [1.807, 2.05) is 30.3 Å². The minimum Gasteiger partial charge on any atom is -0.348 e. The Kier molecular flexibility index (Phi) is 5.96. The van der Waals surface area contributed by atoms with E-state index in [9.17, 15) is 14.0 Å². The molecule has 1 aliphatic carbocycles. The highest BCUT2D eigenvalue weighted by atomic mass is 32.2. The number of hydrogen-bond acceptors (Lipinski definition) is 4. The predicted molar refractivity (Wildman–Crippen MR) is 128 cm³/mol. The summed E-state index contributed by atoms with van der Waals surface area (Å²) < 4.78 is 15.9. The molecule has 1 unspecified atom stereocenters. The van der Waals surface area contributed by atoms with Crippen LogP contribution >= 0.6 is 11.8 Å². The number of benzene rings is 3. The molecule has 5 rings (SSSR count). The number of hydrogen-bond donors (Lipinski definition) is 1. The average molecular weight is 460 g/mol. The van der Waals surface area contributed by atoms with E-state index in [0.717, 1.165) is 30.2 Å². The lowest BCUT2D eigenvalue weighted by Crippen LogP contribution is -2.31. The van der Waals surface area contributed by atoms with Crippen molar-refractivity contribution in [3.8, 4) is 5.69 Å². The summed E-state index contributed by atoms with van der Waals surface area (Å²) in [5.74, 6) is -0.171. The van der Waals surface area contributed by atoms with Gasteiger partial charge in [-0.2, -0.15) is 0 Å². The van der Waals surface area contributed by atoms with Gasteiger partial charge in [0.1, 0.15) is 5.82 Å². The number of halogens is 1. The van der Waals surface area contributed by atoms with Gasteiger partial charge in [-0.15, -0.1) is 0 Å². The molecule has 1 N–H and O–H groups in total. The van der Waals surface area contributed by atoms with Gasteiger partial charge < -0.3 is 5.32 Å². The maximum absolute atomic E-state index is 14.6. The monoisotopic (exact) mass is 459 g/mol. The topological polar surface area (TPSA) is 64.0 Å². The van der Waals surface area contributed by atoms with Crippen molar-refractivity contribution in [2.24, 2.45) is 5.92 Å². The van der Waals surface area contributed by atoms with Crippen LogP contribution in [0, 0.1) is 11.7 Å². The van der Waals surface area contributed by atoms with E-state index in [1.54, 1.807) is 36.4 Å². The highest BCUT2D eigenvalue weighted by molar-refractivity contribution is 7.99. The molecule has 1 saturated carbocycles. The second kappa shape index (κ2) is 9.19. The zero-order valence-electron chi connectivity index (χ0n) is 17.8. The summed E-state index contributed by atoms with van der Waals surface area (Å²) in [6, 6.07) is 23.0. The highest BCUT2D eigenvalue weighted by Crippen LogP contribution is 2.41. The number of carbonyl (C=O) groups excluding carboxylic acids is 1. The van der Waals surface area contributed by atoms with Gasteiger partial charge >= 0.3 is 0 Å². The first-order valence-corrected chi connectivity index (χ1v) is 11.8. The molecule has 1 atom stereocenters. The summed E-state index contributed by atoms with van der Waals surface area (Å²) in [7, 11) is 0. The van der Waals surface area contributed by atoms with Crippen LogP contribution in [0.1, 0.15) is 24.4 Å². The molecule has 1 amide bonds. The van der Waals surface area contributed by atoms with Gasteiger partial charge in [-0.3, -0.25) is 14.2 Å². The Labute approximate surface area is 194 Å². The molecule has 4 aromatic rings. The summed E-state index contributed by atoms with van der Waals surface area (Å²) in [5.41, 5.74) is 1.35. The number of amides is 1. The van der Waals surface area contributed by atoms with E-state index in [0.29, 0.717) is 16.8 Å². The average Bonchev–Trinajstić information content (AvgIpc) is 3.68. The fraction of sp³-hybridized carbons (Fsp3) is 0.192. The minimum absolute atomic E-state index is 0.0300. The molecular formula is C26H22FN3O2S. The van der Waals surface area contributed by atoms with Crippen molar-refractivity contribution in [1.82, 2.24) is 14.9 Å². The van der Waals surface area contributed by atoms with Crippen molar-refractivity contribution in [3.63, 3.8) is 0 Å². The van der Waals surface area contributed by atoms with E-state index in [2.05, 4.69) is 10.3 Å². The van der Waals surface area contributed by atoms with Crippen molar-refractivity contribution < 1.29 is 9.18 Å². The summed E-state index contributed by atoms with van der Waals surface area (Å²) in [5, 5.41) is 3.81. The van der Waals surface area contributed by atoms with Crippen LogP contribution in [0.15, 0.2) is 88.8 Å². The van der Waals surface area contributed by atoms with E-state index < -0.39 is 5.82 Å². The first-order valence-electron chi connectivity index (χ1n) is 10.9.